The number of hydrogen-bond donors (Lipinski definition) is 1. The zero-order valence-electron chi connectivity index (χ0n) is 11.4. The fourth-order valence-corrected chi connectivity index (χ4v) is 3.64. The lowest BCUT2D eigenvalue weighted by molar-refractivity contribution is -0.143. The number of nitrogens with zero attached hydrogens (tertiary/aromatic N) is 1. The van der Waals surface area contributed by atoms with Gasteiger partial charge >= 0.3 is 0 Å². The lowest BCUT2D eigenvalue weighted by Crippen LogP contribution is -2.56. The van der Waals surface area contributed by atoms with Crippen LogP contribution in [0.4, 0.5) is 0 Å². The largest absolute Gasteiger partial charge is 0.392 e. The molecule has 2 unspecified atom stereocenters. The molecule has 102 valence electrons. The second kappa shape index (κ2) is 5.16. The molecule has 2 atom stereocenters. The molecule has 0 heterocycles. The van der Waals surface area contributed by atoms with E-state index < -0.39 is 5.41 Å². The Balaban J connectivity index is 2.06. The van der Waals surface area contributed by atoms with Gasteiger partial charge in [0.25, 0.3) is 0 Å². The first-order chi connectivity index (χ1) is 8.47. The molecule has 0 aromatic rings. The Morgan fingerprint density at radius 3 is 2.44 bits per heavy atom. The summed E-state index contributed by atoms with van der Waals surface area (Å²) in [5, 5.41) is 0. The van der Waals surface area contributed by atoms with Crippen LogP contribution in [0.2, 0.25) is 0 Å². The molecule has 2 aliphatic carbocycles. The molecule has 1 amide bonds. The minimum Gasteiger partial charge on any atom is -0.392 e. The zero-order valence-corrected chi connectivity index (χ0v) is 12.3. The summed E-state index contributed by atoms with van der Waals surface area (Å²) >= 11 is 5.13. The van der Waals surface area contributed by atoms with Gasteiger partial charge in [0.15, 0.2) is 0 Å². The first-order valence-corrected chi connectivity index (χ1v) is 7.45. The Kier molecular flexibility index (Phi) is 3.95. The quantitative estimate of drug-likeness (QED) is 0.800. The molecule has 0 aromatic heterocycles. The third-order valence-corrected chi connectivity index (χ3v) is 5.26. The van der Waals surface area contributed by atoms with Crippen LogP contribution in [0.15, 0.2) is 0 Å². The minimum atomic E-state index is -0.509. The van der Waals surface area contributed by atoms with E-state index in [1.807, 2.05) is 11.9 Å². The van der Waals surface area contributed by atoms with Gasteiger partial charge in [-0.2, -0.15) is 0 Å². The molecule has 0 saturated heterocycles. The normalized spacial score (nSPS) is 30.3. The number of hydrogen-bond acceptors (Lipinski definition) is 2. The van der Waals surface area contributed by atoms with E-state index in [1.54, 1.807) is 0 Å². The Hall–Kier alpha value is -0.640. The fourth-order valence-electron chi connectivity index (χ4n) is 3.35. The van der Waals surface area contributed by atoms with E-state index in [0.29, 0.717) is 11.0 Å². The van der Waals surface area contributed by atoms with Crippen molar-refractivity contribution in [3.8, 4) is 0 Å². The number of thiocarbonyl (C=S) groups is 1. The summed E-state index contributed by atoms with van der Waals surface area (Å²) in [5.41, 5.74) is 5.30. The average molecular weight is 268 g/mol. The van der Waals surface area contributed by atoms with Crippen molar-refractivity contribution in [2.24, 2.45) is 17.1 Å². The van der Waals surface area contributed by atoms with Crippen molar-refractivity contribution < 1.29 is 4.79 Å². The van der Waals surface area contributed by atoms with E-state index in [-0.39, 0.29) is 5.91 Å². The second-order valence-corrected chi connectivity index (χ2v) is 6.58. The maximum Gasteiger partial charge on any atom is 0.235 e. The van der Waals surface area contributed by atoms with Crippen LogP contribution in [0.3, 0.4) is 0 Å². The van der Waals surface area contributed by atoms with Gasteiger partial charge in [-0.3, -0.25) is 4.79 Å². The standard InChI is InChI=1S/C14H24N2OS/c1-10-5-3-6-11(9-10)16(2)13(17)14(12(15)18)7-4-8-14/h10-11H,3-9H2,1-2H3,(H2,15,18). The van der Waals surface area contributed by atoms with Gasteiger partial charge in [0, 0.05) is 13.1 Å². The van der Waals surface area contributed by atoms with Crippen molar-refractivity contribution in [1.29, 1.82) is 0 Å². The van der Waals surface area contributed by atoms with Gasteiger partial charge in [-0.1, -0.05) is 38.4 Å². The summed E-state index contributed by atoms with van der Waals surface area (Å²) in [5.74, 6) is 0.890. The summed E-state index contributed by atoms with van der Waals surface area (Å²) < 4.78 is 0. The molecular weight excluding hydrogens is 244 g/mol. The van der Waals surface area contributed by atoms with E-state index in [2.05, 4.69) is 6.92 Å². The molecular formula is C14H24N2OS. The summed E-state index contributed by atoms with van der Waals surface area (Å²) in [4.78, 5) is 15.0. The van der Waals surface area contributed by atoms with Gasteiger partial charge in [-0.25, -0.2) is 0 Å². The average Bonchev–Trinajstić information content (AvgIpc) is 2.25. The predicted molar refractivity (Wildman–Crippen MR) is 77.3 cm³/mol. The van der Waals surface area contributed by atoms with Crippen molar-refractivity contribution in [1.82, 2.24) is 4.90 Å². The highest BCUT2D eigenvalue weighted by Gasteiger charge is 2.49. The molecule has 0 aliphatic heterocycles. The topological polar surface area (TPSA) is 46.3 Å². The van der Waals surface area contributed by atoms with Gasteiger partial charge < -0.3 is 10.6 Å². The van der Waals surface area contributed by atoms with Crippen molar-refractivity contribution >= 4 is 23.1 Å². The molecule has 2 rings (SSSR count). The second-order valence-electron chi connectivity index (χ2n) is 6.14. The minimum absolute atomic E-state index is 0.167. The molecule has 0 aromatic carbocycles. The van der Waals surface area contributed by atoms with Gasteiger partial charge in [-0.05, 0) is 31.6 Å². The van der Waals surface area contributed by atoms with Crippen molar-refractivity contribution in [2.75, 3.05) is 7.05 Å². The van der Waals surface area contributed by atoms with Crippen LogP contribution in [0.5, 0.6) is 0 Å². The Morgan fingerprint density at radius 1 is 1.33 bits per heavy atom. The molecule has 0 bridgehead atoms. The lowest BCUT2D eigenvalue weighted by Gasteiger charge is -2.45. The van der Waals surface area contributed by atoms with Gasteiger partial charge in [0.2, 0.25) is 5.91 Å². The number of rotatable bonds is 3. The number of carbonyl (C=O) groups is 1. The van der Waals surface area contributed by atoms with Crippen LogP contribution in [0.25, 0.3) is 0 Å². The molecule has 0 spiro atoms. The summed E-state index contributed by atoms with van der Waals surface area (Å²) in [6.07, 6.45) is 7.51. The van der Waals surface area contributed by atoms with Gasteiger partial charge in [0.1, 0.15) is 0 Å². The van der Waals surface area contributed by atoms with Crippen LogP contribution >= 0.6 is 12.2 Å². The Morgan fingerprint density at radius 2 is 2.00 bits per heavy atom. The molecule has 3 nitrogen and oxygen atoms in total. The van der Waals surface area contributed by atoms with E-state index >= 15 is 0 Å². The Labute approximate surface area is 115 Å². The highest BCUT2D eigenvalue weighted by molar-refractivity contribution is 7.80. The van der Waals surface area contributed by atoms with E-state index in [4.69, 9.17) is 18.0 Å². The molecule has 4 heteroatoms. The third kappa shape index (κ3) is 2.27. The SMILES string of the molecule is CC1CCCC(N(C)C(=O)C2(C(N)=S)CCC2)C1. The first-order valence-electron chi connectivity index (χ1n) is 7.04. The van der Waals surface area contributed by atoms with Gasteiger partial charge in [0.05, 0.1) is 10.4 Å². The number of nitrogens with two attached hydrogens (primary N) is 1. The van der Waals surface area contributed by atoms with Crippen molar-refractivity contribution in [3.63, 3.8) is 0 Å². The highest BCUT2D eigenvalue weighted by Crippen LogP contribution is 2.43. The first kappa shape index (κ1) is 13.8. The number of amides is 1. The summed E-state index contributed by atoms with van der Waals surface area (Å²) in [6.45, 7) is 2.27. The lowest BCUT2D eigenvalue weighted by atomic mass is 9.67. The maximum absolute atomic E-state index is 12.7. The molecule has 0 radical (unpaired) electrons. The van der Waals surface area contributed by atoms with E-state index in [0.717, 1.165) is 38.0 Å². The Bertz CT molecular complexity index is 352. The smallest absolute Gasteiger partial charge is 0.235 e. The van der Waals surface area contributed by atoms with Gasteiger partial charge in [-0.15, -0.1) is 0 Å². The number of carbonyl (C=O) groups excluding carboxylic acids is 1. The highest BCUT2D eigenvalue weighted by atomic mass is 32.1. The van der Waals surface area contributed by atoms with Crippen LogP contribution < -0.4 is 5.73 Å². The summed E-state index contributed by atoms with van der Waals surface area (Å²) in [6, 6.07) is 0.382. The van der Waals surface area contributed by atoms with Crippen LogP contribution in [0, 0.1) is 11.3 Å². The van der Waals surface area contributed by atoms with Crippen LogP contribution in [-0.4, -0.2) is 28.9 Å². The van der Waals surface area contributed by atoms with Crippen molar-refractivity contribution in [2.45, 2.75) is 57.9 Å². The monoisotopic (exact) mass is 268 g/mol. The van der Waals surface area contributed by atoms with E-state index in [1.165, 1.54) is 12.8 Å². The van der Waals surface area contributed by atoms with E-state index in [9.17, 15) is 4.79 Å². The molecule has 2 aliphatic rings. The third-order valence-electron chi connectivity index (χ3n) is 4.86. The van der Waals surface area contributed by atoms with Crippen LogP contribution in [0.1, 0.15) is 51.9 Å². The zero-order chi connectivity index (χ0) is 13.3. The molecule has 2 saturated carbocycles. The molecule has 2 fully saturated rings. The molecule has 2 N–H and O–H groups in total. The predicted octanol–water partition coefficient (Wildman–Crippen LogP) is 2.48. The van der Waals surface area contributed by atoms with Crippen molar-refractivity contribution in [3.05, 3.63) is 0 Å². The maximum atomic E-state index is 12.7. The molecule has 18 heavy (non-hydrogen) atoms. The fraction of sp³-hybridized carbons (Fsp3) is 0.857. The summed E-state index contributed by atoms with van der Waals surface area (Å²) in [7, 11) is 1.93. The van der Waals surface area contributed by atoms with Crippen LogP contribution in [-0.2, 0) is 4.79 Å².